The maximum absolute atomic E-state index is 11.8. The molecule has 1 fully saturated rings. The Bertz CT molecular complexity index is 238. The minimum atomic E-state index is 0.164. The minimum Gasteiger partial charge on any atom is -0.353 e. The lowest BCUT2D eigenvalue weighted by atomic mass is 9.88. The molecule has 1 amide bonds. The van der Waals surface area contributed by atoms with Crippen LogP contribution in [0, 0.1) is 11.8 Å². The van der Waals surface area contributed by atoms with Crippen molar-refractivity contribution in [2.24, 2.45) is 11.8 Å². The summed E-state index contributed by atoms with van der Waals surface area (Å²) in [7, 11) is 0. The minimum absolute atomic E-state index is 0.164. The quantitative estimate of drug-likeness (QED) is 0.649. The Balaban J connectivity index is 1.76. The van der Waals surface area contributed by atoms with E-state index in [1.807, 2.05) is 6.92 Å². The summed E-state index contributed by atoms with van der Waals surface area (Å²) in [5.41, 5.74) is 0. The summed E-state index contributed by atoms with van der Waals surface area (Å²) in [6.45, 7) is 4.03. The van der Waals surface area contributed by atoms with Gasteiger partial charge in [-0.3, -0.25) is 4.79 Å². The molecule has 14 heavy (non-hydrogen) atoms. The fourth-order valence-electron chi connectivity index (χ4n) is 1.95. The van der Waals surface area contributed by atoms with Crippen LogP contribution in [-0.2, 0) is 4.79 Å². The zero-order valence-electron chi connectivity index (χ0n) is 8.62. The molecule has 78 valence electrons. The van der Waals surface area contributed by atoms with Crippen LogP contribution in [0.1, 0.15) is 19.8 Å². The maximum atomic E-state index is 11.8. The van der Waals surface area contributed by atoms with Crippen molar-refractivity contribution < 1.29 is 4.79 Å². The predicted molar refractivity (Wildman–Crippen MR) is 55.8 cm³/mol. The van der Waals surface area contributed by atoms with E-state index in [1.54, 1.807) is 0 Å². The van der Waals surface area contributed by atoms with E-state index in [9.17, 15) is 4.79 Å². The van der Waals surface area contributed by atoms with E-state index >= 15 is 0 Å². The van der Waals surface area contributed by atoms with Crippen molar-refractivity contribution in [2.45, 2.75) is 25.8 Å². The van der Waals surface area contributed by atoms with Crippen molar-refractivity contribution in [3.05, 3.63) is 12.2 Å². The summed E-state index contributed by atoms with van der Waals surface area (Å²) < 4.78 is 0. The number of rotatable bonds is 3. The van der Waals surface area contributed by atoms with Crippen molar-refractivity contribution in [1.29, 1.82) is 0 Å². The Labute approximate surface area is 84.9 Å². The molecule has 0 saturated carbocycles. The molecule has 1 unspecified atom stereocenters. The van der Waals surface area contributed by atoms with Gasteiger partial charge in [0.2, 0.25) is 5.91 Å². The first-order valence-electron chi connectivity index (χ1n) is 5.43. The third-order valence-electron chi connectivity index (χ3n) is 3.29. The zero-order chi connectivity index (χ0) is 9.97. The third-order valence-corrected chi connectivity index (χ3v) is 3.29. The van der Waals surface area contributed by atoms with Crippen LogP contribution in [0.4, 0.5) is 0 Å². The molecule has 0 aromatic carbocycles. The third kappa shape index (κ3) is 1.98. The molecule has 0 aromatic rings. The molecule has 1 atom stereocenters. The van der Waals surface area contributed by atoms with Gasteiger partial charge in [0.15, 0.2) is 0 Å². The monoisotopic (exact) mass is 194 g/mol. The van der Waals surface area contributed by atoms with Gasteiger partial charge in [-0.25, -0.2) is 0 Å². The molecule has 0 radical (unpaired) electrons. The second-order valence-corrected chi connectivity index (χ2v) is 4.36. The summed E-state index contributed by atoms with van der Waals surface area (Å²) in [6.07, 6.45) is 6.28. The molecule has 3 nitrogen and oxygen atoms in total. The summed E-state index contributed by atoms with van der Waals surface area (Å²) in [5.74, 6) is 0.936. The highest BCUT2D eigenvalue weighted by Gasteiger charge is 2.29. The topological polar surface area (TPSA) is 41.1 Å². The second-order valence-electron chi connectivity index (χ2n) is 4.36. The van der Waals surface area contributed by atoms with Crippen molar-refractivity contribution >= 4 is 5.91 Å². The van der Waals surface area contributed by atoms with Gasteiger partial charge in [-0.05, 0) is 31.8 Å². The molecular formula is C11H18N2O. The number of carbonyl (C=O) groups excluding carboxylic acids is 1. The first-order valence-corrected chi connectivity index (χ1v) is 5.43. The molecule has 1 saturated heterocycles. The maximum Gasteiger partial charge on any atom is 0.223 e. The van der Waals surface area contributed by atoms with E-state index in [4.69, 9.17) is 0 Å². The van der Waals surface area contributed by atoms with Gasteiger partial charge in [0, 0.05) is 12.0 Å². The van der Waals surface area contributed by atoms with Crippen molar-refractivity contribution in [2.75, 3.05) is 13.1 Å². The van der Waals surface area contributed by atoms with E-state index in [0.29, 0.717) is 12.0 Å². The van der Waals surface area contributed by atoms with Gasteiger partial charge in [-0.2, -0.15) is 0 Å². The fraction of sp³-hybridized carbons (Fsp3) is 0.727. The highest BCUT2D eigenvalue weighted by molar-refractivity contribution is 5.79. The lowest BCUT2D eigenvalue weighted by molar-refractivity contribution is -0.127. The van der Waals surface area contributed by atoms with Crippen molar-refractivity contribution in [3.63, 3.8) is 0 Å². The summed E-state index contributed by atoms with van der Waals surface area (Å²) in [6, 6.07) is 0.359. The van der Waals surface area contributed by atoms with Gasteiger partial charge in [-0.15, -0.1) is 0 Å². The normalized spacial score (nSPS) is 24.6. The smallest absolute Gasteiger partial charge is 0.223 e. The van der Waals surface area contributed by atoms with Gasteiger partial charge in [-0.1, -0.05) is 19.1 Å². The standard InChI is InChI=1S/C11H18N2O/c1-8(9-6-12-7-9)11(14)13-10-4-2-3-5-10/h2-3,8-10,12H,4-7H2,1H3,(H,13,14). The molecule has 3 heteroatoms. The van der Waals surface area contributed by atoms with Crippen molar-refractivity contribution in [3.8, 4) is 0 Å². The average molecular weight is 194 g/mol. The van der Waals surface area contributed by atoms with Gasteiger partial charge >= 0.3 is 0 Å². The molecule has 0 aromatic heterocycles. The summed E-state index contributed by atoms with van der Waals surface area (Å²) in [4.78, 5) is 11.8. The molecule has 2 aliphatic rings. The van der Waals surface area contributed by atoms with Crippen LogP contribution < -0.4 is 10.6 Å². The highest BCUT2D eigenvalue weighted by atomic mass is 16.1. The lowest BCUT2D eigenvalue weighted by Gasteiger charge is -2.32. The Hall–Kier alpha value is -0.830. The highest BCUT2D eigenvalue weighted by Crippen LogP contribution is 2.17. The Morgan fingerprint density at radius 2 is 2.07 bits per heavy atom. The summed E-state index contributed by atoms with van der Waals surface area (Å²) >= 11 is 0. The van der Waals surface area contributed by atoms with Crippen LogP contribution in [0.3, 0.4) is 0 Å². The Morgan fingerprint density at radius 1 is 1.43 bits per heavy atom. The fourth-order valence-corrected chi connectivity index (χ4v) is 1.95. The van der Waals surface area contributed by atoms with Crippen LogP contribution in [-0.4, -0.2) is 25.0 Å². The molecule has 1 aliphatic carbocycles. The van der Waals surface area contributed by atoms with E-state index in [1.165, 1.54) is 0 Å². The van der Waals surface area contributed by atoms with Gasteiger partial charge < -0.3 is 10.6 Å². The van der Waals surface area contributed by atoms with Crippen LogP contribution >= 0.6 is 0 Å². The SMILES string of the molecule is CC(C(=O)NC1CC=CC1)C1CNC1. The lowest BCUT2D eigenvalue weighted by Crippen LogP contribution is -2.50. The molecular weight excluding hydrogens is 176 g/mol. The molecule has 0 spiro atoms. The van der Waals surface area contributed by atoms with Crippen molar-refractivity contribution in [1.82, 2.24) is 10.6 Å². The number of hydrogen-bond donors (Lipinski definition) is 2. The van der Waals surface area contributed by atoms with Crippen LogP contribution in [0.2, 0.25) is 0 Å². The largest absolute Gasteiger partial charge is 0.353 e. The van der Waals surface area contributed by atoms with Gasteiger partial charge in [0.1, 0.15) is 0 Å². The second kappa shape index (κ2) is 4.13. The molecule has 2 rings (SSSR count). The zero-order valence-corrected chi connectivity index (χ0v) is 8.62. The van der Waals surface area contributed by atoms with Crippen LogP contribution in [0.25, 0.3) is 0 Å². The van der Waals surface area contributed by atoms with E-state index in [2.05, 4.69) is 22.8 Å². The molecule has 1 aliphatic heterocycles. The van der Waals surface area contributed by atoms with Gasteiger partial charge in [0.05, 0.1) is 0 Å². The number of carbonyl (C=O) groups is 1. The van der Waals surface area contributed by atoms with E-state index in [0.717, 1.165) is 25.9 Å². The van der Waals surface area contributed by atoms with Crippen LogP contribution in [0.5, 0.6) is 0 Å². The predicted octanol–water partition coefficient (Wildman–Crippen LogP) is 0.677. The van der Waals surface area contributed by atoms with Gasteiger partial charge in [0.25, 0.3) is 0 Å². The molecule has 2 N–H and O–H groups in total. The first-order chi connectivity index (χ1) is 6.77. The summed E-state index contributed by atoms with van der Waals surface area (Å²) in [5, 5.41) is 6.30. The first kappa shape index (κ1) is 9.71. The van der Waals surface area contributed by atoms with Crippen LogP contribution in [0.15, 0.2) is 12.2 Å². The Morgan fingerprint density at radius 3 is 2.57 bits per heavy atom. The number of nitrogens with one attached hydrogen (secondary N) is 2. The average Bonchev–Trinajstić information content (AvgIpc) is 2.53. The Kier molecular flexibility index (Phi) is 2.87. The van der Waals surface area contributed by atoms with E-state index < -0.39 is 0 Å². The number of amides is 1. The number of hydrogen-bond acceptors (Lipinski definition) is 2. The molecule has 1 heterocycles. The van der Waals surface area contributed by atoms with E-state index in [-0.39, 0.29) is 11.8 Å². The molecule has 0 bridgehead atoms.